The molecule has 1 N–H and O–H groups in total. The maximum Gasteiger partial charge on any atom is 0.307 e. The summed E-state index contributed by atoms with van der Waals surface area (Å²) in [6, 6.07) is 7.42. The number of hydrogen-bond acceptors (Lipinski definition) is 3. The number of aliphatic carboxylic acids is 1. The average molecular weight is 399 g/mol. The molecule has 2 aromatic carbocycles. The molecule has 2 saturated heterocycles. The number of carboxylic acid groups (broad SMARTS) is 1. The number of Topliss-reactive ketones (excluding diaryl/α,β-unsaturated/α-hetero) is 1. The number of carboxylic acids is 1. The van der Waals surface area contributed by atoms with Gasteiger partial charge in [-0.3, -0.25) is 14.4 Å². The first-order valence-corrected chi connectivity index (χ1v) is 9.47. The smallest absolute Gasteiger partial charge is 0.307 e. The summed E-state index contributed by atoms with van der Waals surface area (Å²) < 4.78 is 28.5. The lowest BCUT2D eigenvalue weighted by Gasteiger charge is -2.34. The van der Waals surface area contributed by atoms with Gasteiger partial charge < -0.3 is 10.0 Å². The van der Waals surface area contributed by atoms with Crippen LogP contribution in [0.15, 0.2) is 36.4 Å². The zero-order valence-corrected chi connectivity index (χ0v) is 15.5. The highest BCUT2D eigenvalue weighted by atomic mass is 19.1. The van der Waals surface area contributed by atoms with Gasteiger partial charge in [0.25, 0.3) is 5.91 Å². The van der Waals surface area contributed by atoms with Crippen LogP contribution in [-0.2, 0) is 16.0 Å². The van der Waals surface area contributed by atoms with Crippen LogP contribution in [0.2, 0.25) is 0 Å². The van der Waals surface area contributed by atoms with Gasteiger partial charge in [0.1, 0.15) is 17.4 Å². The third-order valence-corrected chi connectivity index (χ3v) is 5.62. The minimum atomic E-state index is -1.09. The van der Waals surface area contributed by atoms with Crippen molar-refractivity contribution < 1.29 is 28.3 Å². The number of nitrogens with zero attached hydrogens (tertiary/aromatic N) is 1. The van der Waals surface area contributed by atoms with Crippen LogP contribution < -0.4 is 0 Å². The molecule has 0 saturated carbocycles. The van der Waals surface area contributed by atoms with Gasteiger partial charge >= 0.3 is 5.97 Å². The van der Waals surface area contributed by atoms with Gasteiger partial charge in [0.15, 0.2) is 0 Å². The summed E-state index contributed by atoms with van der Waals surface area (Å²) in [7, 11) is 0. The van der Waals surface area contributed by atoms with E-state index in [4.69, 9.17) is 5.11 Å². The molecule has 2 heterocycles. The molecule has 1 amide bonds. The molecule has 29 heavy (non-hydrogen) atoms. The van der Waals surface area contributed by atoms with Crippen molar-refractivity contribution in [1.82, 2.24) is 4.90 Å². The zero-order chi connectivity index (χ0) is 20.7. The molecular formula is C22H19F2NO4. The SMILES string of the molecule is O=C(O)Cc1cc(F)cc(-c2ccc(F)c(C(=O)N3[C@@H]4CC[C@@H]3CC(=O)C4)c2)c1. The Morgan fingerprint density at radius 2 is 1.69 bits per heavy atom. The van der Waals surface area contributed by atoms with E-state index in [1.165, 1.54) is 24.3 Å². The van der Waals surface area contributed by atoms with E-state index in [1.54, 1.807) is 4.90 Å². The molecule has 0 unspecified atom stereocenters. The van der Waals surface area contributed by atoms with Gasteiger partial charge in [0.2, 0.25) is 0 Å². The fourth-order valence-electron chi connectivity index (χ4n) is 4.40. The number of hydrogen-bond donors (Lipinski definition) is 1. The molecule has 0 aliphatic carbocycles. The van der Waals surface area contributed by atoms with E-state index in [0.717, 1.165) is 25.0 Å². The Morgan fingerprint density at radius 3 is 2.34 bits per heavy atom. The Balaban J connectivity index is 1.69. The van der Waals surface area contributed by atoms with Gasteiger partial charge in [-0.1, -0.05) is 12.1 Å². The lowest BCUT2D eigenvalue weighted by molar-refractivity contribution is -0.136. The van der Waals surface area contributed by atoms with Crippen LogP contribution in [0.1, 0.15) is 41.6 Å². The molecule has 4 rings (SSSR count). The second-order valence-corrected chi connectivity index (χ2v) is 7.66. The summed E-state index contributed by atoms with van der Waals surface area (Å²) in [6.45, 7) is 0. The number of fused-ring (bicyclic) bond motifs is 2. The van der Waals surface area contributed by atoms with E-state index in [-0.39, 0.29) is 35.4 Å². The monoisotopic (exact) mass is 399 g/mol. The fourth-order valence-corrected chi connectivity index (χ4v) is 4.40. The van der Waals surface area contributed by atoms with Crippen molar-refractivity contribution >= 4 is 17.7 Å². The first-order chi connectivity index (χ1) is 13.8. The van der Waals surface area contributed by atoms with Crippen LogP contribution in [0.25, 0.3) is 11.1 Å². The predicted octanol–water partition coefficient (Wildman–Crippen LogP) is 3.60. The van der Waals surface area contributed by atoms with E-state index in [9.17, 15) is 23.2 Å². The number of halogens is 2. The molecule has 2 aliphatic rings. The summed E-state index contributed by atoms with van der Waals surface area (Å²) in [5.74, 6) is -2.72. The summed E-state index contributed by atoms with van der Waals surface area (Å²) in [4.78, 5) is 37.4. The lowest BCUT2D eigenvalue weighted by atomic mass is 9.97. The van der Waals surface area contributed by atoms with Crippen molar-refractivity contribution in [3.05, 3.63) is 59.2 Å². The van der Waals surface area contributed by atoms with E-state index in [0.29, 0.717) is 24.0 Å². The summed E-state index contributed by atoms with van der Waals surface area (Å²) in [6.07, 6.45) is 1.71. The normalized spacial score (nSPS) is 20.8. The van der Waals surface area contributed by atoms with Crippen LogP contribution in [0.3, 0.4) is 0 Å². The van der Waals surface area contributed by atoms with E-state index >= 15 is 0 Å². The predicted molar refractivity (Wildman–Crippen MR) is 100 cm³/mol. The van der Waals surface area contributed by atoms with Crippen LogP contribution in [0.5, 0.6) is 0 Å². The second-order valence-electron chi connectivity index (χ2n) is 7.66. The number of benzene rings is 2. The quantitative estimate of drug-likeness (QED) is 0.853. The molecule has 7 heteroatoms. The number of amides is 1. The van der Waals surface area contributed by atoms with Gasteiger partial charge in [-0.15, -0.1) is 0 Å². The average Bonchev–Trinajstić information content (AvgIpc) is 2.91. The highest BCUT2D eigenvalue weighted by Gasteiger charge is 2.43. The van der Waals surface area contributed by atoms with Gasteiger partial charge in [-0.25, -0.2) is 8.78 Å². The molecule has 0 radical (unpaired) electrons. The Hall–Kier alpha value is -3.09. The maximum atomic E-state index is 14.5. The number of piperidine rings is 1. The van der Waals surface area contributed by atoms with Gasteiger partial charge in [0.05, 0.1) is 12.0 Å². The van der Waals surface area contributed by atoms with Crippen LogP contribution in [-0.4, -0.2) is 39.7 Å². The summed E-state index contributed by atoms with van der Waals surface area (Å²) >= 11 is 0. The molecular weight excluding hydrogens is 380 g/mol. The minimum Gasteiger partial charge on any atom is -0.481 e. The Bertz CT molecular complexity index is 1000. The van der Waals surface area contributed by atoms with Gasteiger partial charge in [-0.2, -0.15) is 0 Å². The van der Waals surface area contributed by atoms with Gasteiger partial charge in [0, 0.05) is 24.9 Å². The van der Waals surface area contributed by atoms with Crippen LogP contribution in [0, 0.1) is 11.6 Å². The topological polar surface area (TPSA) is 74.7 Å². The van der Waals surface area contributed by atoms with E-state index < -0.39 is 23.5 Å². The third-order valence-electron chi connectivity index (χ3n) is 5.62. The molecule has 2 fully saturated rings. The number of rotatable bonds is 4. The molecule has 2 atom stereocenters. The van der Waals surface area contributed by atoms with Crippen molar-refractivity contribution in [1.29, 1.82) is 0 Å². The number of carbonyl (C=O) groups is 3. The minimum absolute atomic E-state index is 0.126. The largest absolute Gasteiger partial charge is 0.481 e. The summed E-state index contributed by atoms with van der Waals surface area (Å²) in [5, 5.41) is 8.94. The zero-order valence-electron chi connectivity index (χ0n) is 15.5. The third kappa shape index (κ3) is 3.77. The molecule has 2 aliphatic heterocycles. The van der Waals surface area contributed by atoms with E-state index in [1.807, 2.05) is 0 Å². The lowest BCUT2D eigenvalue weighted by Crippen LogP contribution is -2.47. The van der Waals surface area contributed by atoms with Crippen molar-refractivity contribution in [2.24, 2.45) is 0 Å². The second kappa shape index (κ2) is 7.39. The molecule has 0 aromatic heterocycles. The van der Waals surface area contributed by atoms with Crippen molar-refractivity contribution in [2.75, 3.05) is 0 Å². The highest BCUT2D eigenvalue weighted by Crippen LogP contribution is 2.36. The molecule has 5 nitrogen and oxygen atoms in total. The standard InChI is InChI=1S/C22H19F2NO4/c23-15-6-12(7-21(27)28)5-14(8-15)13-1-4-20(24)19(9-13)22(29)25-16-2-3-17(25)11-18(26)10-16/h1,4-6,8-9,16-17H,2-3,7,10-11H2,(H,27,28)/t16-,17-/m1/s1. The highest BCUT2D eigenvalue weighted by molar-refractivity contribution is 5.98. The van der Waals surface area contributed by atoms with Crippen molar-refractivity contribution in [2.45, 2.75) is 44.2 Å². The Morgan fingerprint density at radius 1 is 1.00 bits per heavy atom. The van der Waals surface area contributed by atoms with Gasteiger partial charge in [-0.05, 0) is 53.8 Å². The molecule has 2 bridgehead atoms. The Kier molecular flexibility index (Phi) is 4.90. The number of carbonyl (C=O) groups excluding carboxylic acids is 2. The Labute approximate surface area is 165 Å². The van der Waals surface area contributed by atoms with Crippen LogP contribution in [0.4, 0.5) is 8.78 Å². The molecule has 2 aromatic rings. The fraction of sp³-hybridized carbons (Fsp3) is 0.318. The van der Waals surface area contributed by atoms with Crippen molar-refractivity contribution in [3.8, 4) is 11.1 Å². The number of ketones is 1. The maximum absolute atomic E-state index is 14.5. The van der Waals surface area contributed by atoms with E-state index in [2.05, 4.69) is 0 Å². The first kappa shape index (κ1) is 19.2. The van der Waals surface area contributed by atoms with Crippen molar-refractivity contribution in [3.63, 3.8) is 0 Å². The summed E-state index contributed by atoms with van der Waals surface area (Å²) in [5.41, 5.74) is 0.934. The molecule has 150 valence electrons. The molecule has 0 spiro atoms. The van der Waals surface area contributed by atoms with Crippen LogP contribution >= 0.6 is 0 Å². The first-order valence-electron chi connectivity index (χ1n) is 9.47.